The summed E-state index contributed by atoms with van der Waals surface area (Å²) in [6.07, 6.45) is 2.60. The number of hydrogen-bond donors (Lipinski definition) is 0. The minimum absolute atomic E-state index is 0.00120. The van der Waals surface area contributed by atoms with Crippen molar-refractivity contribution in [2.24, 2.45) is 5.92 Å². The third-order valence-electron chi connectivity index (χ3n) is 3.62. The minimum atomic E-state index is -0.312. The molecule has 0 bridgehead atoms. The van der Waals surface area contributed by atoms with Crippen molar-refractivity contribution in [2.45, 2.75) is 13.0 Å². The van der Waals surface area contributed by atoms with E-state index in [1.54, 1.807) is 24.3 Å². The van der Waals surface area contributed by atoms with Crippen LogP contribution in [0.1, 0.15) is 12.0 Å². The summed E-state index contributed by atoms with van der Waals surface area (Å²) in [6, 6.07) is 6.45. The highest BCUT2D eigenvalue weighted by Gasteiger charge is 2.18. The van der Waals surface area contributed by atoms with Crippen LogP contribution in [0.5, 0.6) is 0 Å². The number of benzene rings is 1. The summed E-state index contributed by atoms with van der Waals surface area (Å²) in [5.74, 6) is -0.109. The zero-order chi connectivity index (χ0) is 15.8. The van der Waals surface area contributed by atoms with Gasteiger partial charge in [-0.15, -0.1) is 6.58 Å². The average molecular weight is 307 g/mol. The predicted molar refractivity (Wildman–Crippen MR) is 81.8 cm³/mol. The van der Waals surface area contributed by atoms with Gasteiger partial charge >= 0.3 is 0 Å². The lowest BCUT2D eigenvalue weighted by molar-refractivity contribution is -0.136. The van der Waals surface area contributed by atoms with Crippen molar-refractivity contribution in [3.05, 3.63) is 48.3 Å². The van der Waals surface area contributed by atoms with Crippen LogP contribution in [0.25, 0.3) is 0 Å². The highest BCUT2D eigenvalue weighted by atomic mass is 19.1. The molecule has 4 nitrogen and oxygen atoms in total. The van der Waals surface area contributed by atoms with E-state index in [9.17, 15) is 9.18 Å². The predicted octanol–water partition coefficient (Wildman–Crippen LogP) is 2.39. The zero-order valence-electron chi connectivity index (χ0n) is 12.7. The van der Waals surface area contributed by atoms with Gasteiger partial charge in [0, 0.05) is 31.2 Å². The van der Waals surface area contributed by atoms with E-state index in [0.29, 0.717) is 31.2 Å². The van der Waals surface area contributed by atoms with Gasteiger partial charge < -0.3 is 14.4 Å². The number of carbonyl (C=O) groups is 1. The molecule has 1 amide bonds. The first-order valence-corrected chi connectivity index (χ1v) is 7.48. The fourth-order valence-corrected chi connectivity index (χ4v) is 2.36. The van der Waals surface area contributed by atoms with Crippen LogP contribution >= 0.6 is 0 Å². The molecule has 1 saturated heterocycles. The van der Waals surface area contributed by atoms with Crippen molar-refractivity contribution >= 4 is 5.91 Å². The number of amides is 1. The van der Waals surface area contributed by atoms with Gasteiger partial charge in [-0.25, -0.2) is 4.39 Å². The molecule has 1 aromatic carbocycles. The standard InChI is InChI=1S/C17H22FNO3/c1-2-8-19(10-15-5-3-4-6-16(15)18)17(20)13-22-12-14-7-9-21-11-14/h2-6,14H,1,7-13H2/t14-/m0/s1. The molecular weight excluding hydrogens is 285 g/mol. The van der Waals surface area contributed by atoms with Crippen molar-refractivity contribution in [3.8, 4) is 0 Å². The van der Waals surface area contributed by atoms with Gasteiger partial charge in [-0.05, 0) is 12.5 Å². The summed E-state index contributed by atoms with van der Waals surface area (Å²) < 4.78 is 24.4. The molecule has 1 aliphatic rings. The molecule has 0 saturated carbocycles. The van der Waals surface area contributed by atoms with E-state index in [4.69, 9.17) is 9.47 Å². The monoisotopic (exact) mass is 307 g/mol. The van der Waals surface area contributed by atoms with Gasteiger partial charge in [0.25, 0.3) is 0 Å². The van der Waals surface area contributed by atoms with E-state index in [1.807, 2.05) is 0 Å². The topological polar surface area (TPSA) is 38.8 Å². The van der Waals surface area contributed by atoms with Crippen LogP contribution in [0.3, 0.4) is 0 Å². The molecule has 0 spiro atoms. The Bertz CT molecular complexity index is 500. The molecule has 2 rings (SSSR count). The first kappa shape index (κ1) is 16.6. The van der Waals surface area contributed by atoms with E-state index in [1.165, 1.54) is 11.0 Å². The molecule has 22 heavy (non-hydrogen) atoms. The Morgan fingerprint density at radius 2 is 2.32 bits per heavy atom. The van der Waals surface area contributed by atoms with E-state index in [0.717, 1.165) is 13.0 Å². The lowest BCUT2D eigenvalue weighted by Crippen LogP contribution is -2.34. The molecule has 1 aromatic rings. The minimum Gasteiger partial charge on any atom is -0.381 e. The molecule has 1 heterocycles. The Labute approximate surface area is 130 Å². The average Bonchev–Trinajstić information content (AvgIpc) is 3.02. The van der Waals surface area contributed by atoms with Crippen LogP contribution in [-0.2, 0) is 20.8 Å². The number of halogens is 1. The number of rotatable bonds is 8. The fourth-order valence-electron chi connectivity index (χ4n) is 2.36. The van der Waals surface area contributed by atoms with Crippen LogP contribution in [0.15, 0.2) is 36.9 Å². The number of ether oxygens (including phenoxy) is 2. The summed E-state index contributed by atoms with van der Waals surface area (Å²) in [7, 11) is 0. The Kier molecular flexibility index (Phi) is 6.55. The van der Waals surface area contributed by atoms with E-state index in [2.05, 4.69) is 6.58 Å². The molecule has 0 unspecified atom stereocenters. The van der Waals surface area contributed by atoms with Crippen LogP contribution < -0.4 is 0 Å². The van der Waals surface area contributed by atoms with Gasteiger partial charge in [0.15, 0.2) is 0 Å². The maximum absolute atomic E-state index is 13.7. The Hall–Kier alpha value is -1.72. The second-order valence-electron chi connectivity index (χ2n) is 5.40. The molecule has 1 aliphatic heterocycles. The third-order valence-corrected chi connectivity index (χ3v) is 3.62. The van der Waals surface area contributed by atoms with Gasteiger partial charge in [0.2, 0.25) is 5.91 Å². The summed E-state index contributed by atoms with van der Waals surface area (Å²) in [5, 5.41) is 0. The Morgan fingerprint density at radius 3 is 3.00 bits per heavy atom. The lowest BCUT2D eigenvalue weighted by atomic mass is 10.1. The smallest absolute Gasteiger partial charge is 0.249 e. The molecular formula is C17H22FNO3. The normalized spacial score (nSPS) is 17.4. The SMILES string of the molecule is C=CCN(Cc1ccccc1F)C(=O)COC[C@H]1CCOC1. The van der Waals surface area contributed by atoms with E-state index < -0.39 is 0 Å². The molecule has 0 aliphatic carbocycles. The van der Waals surface area contributed by atoms with Crippen LogP contribution in [0.2, 0.25) is 0 Å². The van der Waals surface area contributed by atoms with Crippen molar-refractivity contribution < 1.29 is 18.7 Å². The van der Waals surface area contributed by atoms with Crippen molar-refractivity contribution in [2.75, 3.05) is 33.0 Å². The molecule has 5 heteroatoms. The molecule has 0 N–H and O–H groups in total. The van der Waals surface area contributed by atoms with Gasteiger partial charge in [0.05, 0.1) is 13.2 Å². The number of nitrogens with zero attached hydrogens (tertiary/aromatic N) is 1. The number of carbonyl (C=O) groups excluding carboxylic acids is 1. The lowest BCUT2D eigenvalue weighted by Gasteiger charge is -2.22. The van der Waals surface area contributed by atoms with Crippen molar-refractivity contribution in [1.29, 1.82) is 0 Å². The first-order chi connectivity index (χ1) is 10.7. The van der Waals surface area contributed by atoms with Gasteiger partial charge in [-0.2, -0.15) is 0 Å². The highest BCUT2D eigenvalue weighted by molar-refractivity contribution is 5.77. The fraction of sp³-hybridized carbons (Fsp3) is 0.471. The van der Waals surface area contributed by atoms with Crippen molar-refractivity contribution in [1.82, 2.24) is 4.90 Å². The molecule has 120 valence electrons. The molecule has 0 aromatic heterocycles. The number of hydrogen-bond acceptors (Lipinski definition) is 3. The summed E-state index contributed by atoms with van der Waals surface area (Å²) >= 11 is 0. The Morgan fingerprint density at radius 1 is 1.50 bits per heavy atom. The second kappa shape index (κ2) is 8.66. The maximum atomic E-state index is 13.7. The molecule has 0 radical (unpaired) electrons. The van der Waals surface area contributed by atoms with Crippen molar-refractivity contribution in [3.63, 3.8) is 0 Å². The molecule has 1 atom stereocenters. The third kappa shape index (κ3) is 4.93. The highest BCUT2D eigenvalue weighted by Crippen LogP contribution is 2.13. The Balaban J connectivity index is 1.84. The largest absolute Gasteiger partial charge is 0.381 e. The summed E-state index contributed by atoms with van der Waals surface area (Å²) in [6.45, 7) is 6.20. The first-order valence-electron chi connectivity index (χ1n) is 7.48. The van der Waals surface area contributed by atoms with Crippen LogP contribution in [0.4, 0.5) is 4.39 Å². The molecule has 1 fully saturated rings. The quantitative estimate of drug-likeness (QED) is 0.692. The second-order valence-corrected chi connectivity index (χ2v) is 5.40. The van der Waals surface area contributed by atoms with E-state index >= 15 is 0 Å². The van der Waals surface area contributed by atoms with E-state index in [-0.39, 0.29) is 24.9 Å². The van der Waals surface area contributed by atoms with Gasteiger partial charge in [-0.1, -0.05) is 24.3 Å². The van der Waals surface area contributed by atoms with Gasteiger partial charge in [-0.3, -0.25) is 4.79 Å². The van der Waals surface area contributed by atoms with Crippen LogP contribution in [-0.4, -0.2) is 43.8 Å². The summed E-state index contributed by atoms with van der Waals surface area (Å²) in [5.41, 5.74) is 0.488. The summed E-state index contributed by atoms with van der Waals surface area (Å²) in [4.78, 5) is 13.8. The zero-order valence-corrected chi connectivity index (χ0v) is 12.7. The maximum Gasteiger partial charge on any atom is 0.249 e. The van der Waals surface area contributed by atoms with Gasteiger partial charge in [0.1, 0.15) is 12.4 Å². The van der Waals surface area contributed by atoms with Crippen LogP contribution in [0, 0.1) is 11.7 Å².